The number of hydrogen-bond donors (Lipinski definition) is 1. The number of pyridine rings is 1. The molecule has 0 atom stereocenters. The second kappa shape index (κ2) is 8.45. The molecule has 0 saturated carbocycles. The Labute approximate surface area is 153 Å². The molecule has 0 unspecified atom stereocenters. The van der Waals surface area contributed by atoms with Gasteiger partial charge in [0.15, 0.2) is 0 Å². The maximum Gasteiger partial charge on any atom is 0.330 e. The van der Waals surface area contributed by atoms with Crippen LogP contribution in [0.4, 0.5) is 0 Å². The number of hydrogen-bond acceptors (Lipinski definition) is 6. The molecule has 146 valence electrons. The first kappa shape index (κ1) is 21.8. The van der Waals surface area contributed by atoms with Crippen molar-refractivity contribution in [2.45, 2.75) is 44.7 Å². The number of methoxy groups -OCH3 is 1. The molecule has 0 aliphatic rings. The fourth-order valence-corrected chi connectivity index (χ4v) is 3.83. The third-order valence-electron chi connectivity index (χ3n) is 3.76. The molecule has 0 fully saturated rings. The monoisotopic (exact) mass is 387 g/mol. The number of aromatic nitrogens is 1. The first-order valence-electron chi connectivity index (χ1n) is 8.09. The lowest BCUT2D eigenvalue weighted by atomic mass is 10.1. The Morgan fingerprint density at radius 3 is 2.31 bits per heavy atom. The van der Waals surface area contributed by atoms with Gasteiger partial charge in [0.05, 0.1) is 12.0 Å². The third kappa shape index (κ3) is 4.92. The predicted octanol–water partition coefficient (Wildman–Crippen LogP) is -0.0534. The predicted molar refractivity (Wildman–Crippen MR) is 95.0 cm³/mol. The van der Waals surface area contributed by atoms with Crippen LogP contribution in [0.15, 0.2) is 28.0 Å². The maximum atomic E-state index is 12.5. The van der Waals surface area contributed by atoms with E-state index in [-0.39, 0.29) is 18.0 Å². The van der Waals surface area contributed by atoms with Crippen LogP contribution in [0.2, 0.25) is 0 Å². The van der Waals surface area contributed by atoms with Gasteiger partial charge in [-0.3, -0.25) is 9.59 Å². The second-order valence-corrected chi connectivity index (χ2v) is 8.02. The Bertz CT molecular complexity index is 825. The molecule has 0 bridgehead atoms. The number of rotatable bonds is 8. The van der Waals surface area contributed by atoms with E-state index >= 15 is 0 Å². The number of ether oxygens (including phenoxy) is 1. The van der Waals surface area contributed by atoms with Gasteiger partial charge >= 0.3 is 5.97 Å². The summed E-state index contributed by atoms with van der Waals surface area (Å²) in [5.41, 5.74) is -1.81. The van der Waals surface area contributed by atoms with E-state index in [1.165, 1.54) is 31.3 Å². The van der Waals surface area contributed by atoms with Crippen LogP contribution < -0.4 is 10.9 Å². The third-order valence-corrected chi connectivity index (χ3v) is 5.79. The van der Waals surface area contributed by atoms with Gasteiger partial charge in [-0.1, -0.05) is 13.8 Å². The van der Waals surface area contributed by atoms with Crippen LogP contribution in [-0.2, 0) is 30.9 Å². The molecule has 9 nitrogen and oxygen atoms in total. The highest BCUT2D eigenvalue weighted by atomic mass is 32.2. The van der Waals surface area contributed by atoms with Gasteiger partial charge in [0.2, 0.25) is 15.9 Å². The zero-order valence-electron chi connectivity index (χ0n) is 15.6. The van der Waals surface area contributed by atoms with Crippen molar-refractivity contribution in [3.63, 3.8) is 0 Å². The zero-order chi connectivity index (χ0) is 20.1. The molecule has 26 heavy (non-hydrogen) atoms. The Kier molecular flexibility index (Phi) is 7.10. The fraction of sp³-hybridized carbons (Fsp3) is 0.562. The van der Waals surface area contributed by atoms with Crippen molar-refractivity contribution in [2.24, 2.45) is 0 Å². The number of esters is 1. The normalized spacial score (nSPS) is 12.1. The van der Waals surface area contributed by atoms with E-state index in [9.17, 15) is 22.8 Å². The van der Waals surface area contributed by atoms with Crippen LogP contribution in [0.3, 0.4) is 0 Å². The molecule has 10 heteroatoms. The zero-order valence-corrected chi connectivity index (χ0v) is 16.4. The molecule has 1 heterocycles. The summed E-state index contributed by atoms with van der Waals surface area (Å²) in [7, 11) is -2.56. The van der Waals surface area contributed by atoms with Gasteiger partial charge in [-0.05, 0) is 19.9 Å². The summed E-state index contributed by atoms with van der Waals surface area (Å²) in [5.74, 6) is -1.27. The van der Waals surface area contributed by atoms with E-state index in [0.29, 0.717) is 0 Å². The number of nitrogens with one attached hydrogen (secondary N) is 1. The average Bonchev–Trinajstić information content (AvgIpc) is 2.56. The van der Waals surface area contributed by atoms with Crippen LogP contribution >= 0.6 is 0 Å². The molecule has 0 radical (unpaired) electrons. The largest absolute Gasteiger partial charge is 0.467 e. The summed E-state index contributed by atoms with van der Waals surface area (Å²) in [6, 6.07) is 2.30. The summed E-state index contributed by atoms with van der Waals surface area (Å²) in [5, 5.41) is 2.45. The van der Waals surface area contributed by atoms with Crippen LogP contribution in [0.5, 0.6) is 0 Å². The minimum atomic E-state index is -3.76. The van der Waals surface area contributed by atoms with Crippen LogP contribution in [0.1, 0.15) is 27.7 Å². The van der Waals surface area contributed by atoms with Crippen LogP contribution in [0, 0.1) is 0 Å². The van der Waals surface area contributed by atoms with Gasteiger partial charge in [0, 0.05) is 25.4 Å². The molecule has 1 amide bonds. The molecule has 1 N–H and O–H groups in total. The van der Waals surface area contributed by atoms with E-state index in [1.54, 1.807) is 13.8 Å². The van der Waals surface area contributed by atoms with Gasteiger partial charge in [-0.15, -0.1) is 0 Å². The second-order valence-electron chi connectivity index (χ2n) is 6.09. The quantitative estimate of drug-likeness (QED) is 0.625. The Morgan fingerprint density at radius 1 is 1.23 bits per heavy atom. The maximum absolute atomic E-state index is 12.5. The molecule has 0 saturated heterocycles. The molecule has 0 aromatic carbocycles. The van der Waals surface area contributed by atoms with Gasteiger partial charge in [0.1, 0.15) is 12.1 Å². The van der Waals surface area contributed by atoms with Gasteiger partial charge in [-0.2, -0.15) is 4.31 Å². The Hall–Kier alpha value is -2.20. The lowest BCUT2D eigenvalue weighted by molar-refractivity contribution is -0.149. The van der Waals surface area contributed by atoms with Gasteiger partial charge < -0.3 is 14.6 Å². The summed E-state index contributed by atoms with van der Waals surface area (Å²) in [6.45, 7) is 6.47. The number of nitrogens with zero attached hydrogens (tertiary/aromatic N) is 2. The summed E-state index contributed by atoms with van der Waals surface area (Å²) >= 11 is 0. The lowest BCUT2D eigenvalue weighted by Gasteiger charge is -2.23. The van der Waals surface area contributed by atoms with E-state index in [4.69, 9.17) is 0 Å². The number of carbonyl (C=O) groups excluding carboxylic acids is 2. The lowest BCUT2D eigenvalue weighted by Crippen LogP contribution is -2.51. The summed E-state index contributed by atoms with van der Waals surface area (Å²) < 4.78 is 31.9. The molecule has 0 aliphatic heterocycles. The minimum Gasteiger partial charge on any atom is -0.467 e. The highest BCUT2D eigenvalue weighted by Gasteiger charge is 2.30. The van der Waals surface area contributed by atoms with E-state index in [0.717, 1.165) is 16.8 Å². The number of carbonyl (C=O) groups is 2. The van der Waals surface area contributed by atoms with Crippen molar-refractivity contribution >= 4 is 21.9 Å². The summed E-state index contributed by atoms with van der Waals surface area (Å²) in [6.07, 6.45) is 1.13. The van der Waals surface area contributed by atoms with Crippen LogP contribution in [0.25, 0.3) is 0 Å². The smallest absolute Gasteiger partial charge is 0.330 e. The van der Waals surface area contributed by atoms with E-state index in [1.807, 2.05) is 0 Å². The highest BCUT2D eigenvalue weighted by molar-refractivity contribution is 7.89. The number of sulfonamides is 1. The topological polar surface area (TPSA) is 115 Å². The molecule has 1 aromatic rings. The highest BCUT2D eigenvalue weighted by Crippen LogP contribution is 2.13. The van der Waals surface area contributed by atoms with Crippen molar-refractivity contribution < 1.29 is 22.7 Å². The number of amides is 1. The average molecular weight is 387 g/mol. The molecule has 0 spiro atoms. The van der Waals surface area contributed by atoms with Crippen molar-refractivity contribution in [2.75, 3.05) is 20.2 Å². The standard InChI is InChI=1S/C16H25N3O6S/c1-6-19(7-2)26(23,24)12-8-9-14(21)18(10-12)11-13(20)17-16(3,4)15(22)25-5/h8-10H,6-7,11H2,1-5H3,(H,17,20). The van der Waals surface area contributed by atoms with Gasteiger partial charge in [-0.25, -0.2) is 13.2 Å². The molecular weight excluding hydrogens is 362 g/mol. The van der Waals surface area contributed by atoms with E-state index in [2.05, 4.69) is 10.1 Å². The van der Waals surface area contributed by atoms with E-state index < -0.39 is 39.5 Å². The van der Waals surface area contributed by atoms with Crippen molar-refractivity contribution in [1.82, 2.24) is 14.2 Å². The summed E-state index contributed by atoms with van der Waals surface area (Å²) in [4.78, 5) is 35.7. The van der Waals surface area contributed by atoms with Gasteiger partial charge in [0.25, 0.3) is 5.56 Å². The SMILES string of the molecule is CCN(CC)S(=O)(=O)c1ccc(=O)n(CC(=O)NC(C)(C)C(=O)OC)c1. The van der Waals surface area contributed by atoms with Crippen molar-refractivity contribution in [3.8, 4) is 0 Å². The molecule has 0 aliphatic carbocycles. The first-order chi connectivity index (χ1) is 12.0. The Balaban J connectivity index is 3.11. The van der Waals surface area contributed by atoms with Crippen LogP contribution in [-0.4, -0.2) is 54.9 Å². The molecule has 1 aromatic heterocycles. The Morgan fingerprint density at radius 2 is 1.81 bits per heavy atom. The molecule has 1 rings (SSSR count). The first-order valence-corrected chi connectivity index (χ1v) is 9.53. The fourth-order valence-electron chi connectivity index (χ4n) is 2.35. The van der Waals surface area contributed by atoms with Crippen molar-refractivity contribution in [3.05, 3.63) is 28.7 Å². The minimum absolute atomic E-state index is 0.0826. The molecular formula is C16H25N3O6S. The van der Waals surface area contributed by atoms with Crippen molar-refractivity contribution in [1.29, 1.82) is 0 Å².